The number of likely N-dealkylation sites (tertiary alicyclic amines) is 1. The SMILES string of the molecule is CN=CC(=CN)c1ccc(-c2ccc3ncc4c(c3c2)n(C2CCCN(C(=O)c3ncn[nH]3)C2)c(=O)n4C)cn1. The third kappa shape index (κ3) is 4.23. The number of fused-ring (bicyclic) bond motifs is 3. The predicted molar refractivity (Wildman–Crippen MR) is 153 cm³/mol. The summed E-state index contributed by atoms with van der Waals surface area (Å²) in [6, 6.07) is 9.68. The van der Waals surface area contributed by atoms with Gasteiger partial charge in [0.15, 0.2) is 0 Å². The molecule has 1 fully saturated rings. The number of aromatic nitrogens is 7. The van der Waals surface area contributed by atoms with Gasteiger partial charge in [-0.15, -0.1) is 0 Å². The summed E-state index contributed by atoms with van der Waals surface area (Å²) in [5, 5.41) is 7.30. The van der Waals surface area contributed by atoms with Gasteiger partial charge in [-0.2, -0.15) is 5.10 Å². The Kier molecular flexibility index (Phi) is 6.42. The highest BCUT2D eigenvalue weighted by atomic mass is 16.2. The quantitative estimate of drug-likeness (QED) is 0.327. The molecule has 0 aliphatic carbocycles. The third-order valence-electron chi connectivity index (χ3n) is 7.42. The van der Waals surface area contributed by atoms with E-state index in [0.717, 1.165) is 57.2 Å². The number of hydrogen-bond donors (Lipinski definition) is 2. The molecule has 6 rings (SSSR count). The van der Waals surface area contributed by atoms with Crippen LogP contribution < -0.4 is 11.4 Å². The Morgan fingerprint density at radius 2 is 2.00 bits per heavy atom. The number of aliphatic imine (C=N–C) groups is 1. The molecule has 1 aromatic carbocycles. The number of imidazole rings is 1. The van der Waals surface area contributed by atoms with Crippen molar-refractivity contribution >= 4 is 39.6 Å². The van der Waals surface area contributed by atoms with Crippen LogP contribution in [0.1, 0.15) is 35.2 Å². The second-order valence-corrected chi connectivity index (χ2v) is 9.76. The Hall–Kier alpha value is -5.13. The number of aryl methyl sites for hydroxylation is 1. The molecule has 0 saturated carbocycles. The number of pyridine rings is 2. The molecule has 12 nitrogen and oxygen atoms in total. The Balaban J connectivity index is 1.43. The Morgan fingerprint density at radius 1 is 1.15 bits per heavy atom. The lowest BCUT2D eigenvalue weighted by Crippen LogP contribution is -2.43. The van der Waals surface area contributed by atoms with Crippen LogP contribution in [-0.2, 0) is 7.05 Å². The monoisotopic (exact) mass is 536 g/mol. The molecule has 1 aliphatic heterocycles. The molecular weight excluding hydrogens is 508 g/mol. The van der Waals surface area contributed by atoms with Gasteiger partial charge in [0, 0.05) is 62.3 Å². The van der Waals surface area contributed by atoms with Gasteiger partial charge >= 0.3 is 5.69 Å². The van der Waals surface area contributed by atoms with Crippen LogP contribution in [0.5, 0.6) is 0 Å². The first-order valence-corrected chi connectivity index (χ1v) is 13.0. The fraction of sp³-hybridized carbons (Fsp3) is 0.250. The number of rotatable bonds is 5. The normalized spacial score (nSPS) is 16.4. The number of carbonyl (C=O) groups is 1. The van der Waals surface area contributed by atoms with E-state index in [-0.39, 0.29) is 23.5 Å². The van der Waals surface area contributed by atoms with Crippen LogP contribution in [-0.4, -0.2) is 71.4 Å². The van der Waals surface area contributed by atoms with Crippen LogP contribution in [0, 0.1) is 0 Å². The van der Waals surface area contributed by atoms with E-state index in [4.69, 9.17) is 5.73 Å². The standard InChI is InChI=1S/C28H28N10O2/c1-30-12-19(11-29)22-7-6-18(13-31-22)17-5-8-23-21(10-17)25-24(14-32-23)36(2)28(40)38(25)20-4-3-9-37(15-20)27(39)26-33-16-34-35-26/h5-8,10-14,16,20H,3-4,9,15,29H2,1-2H3,(H,33,34,35). The molecule has 1 amide bonds. The lowest BCUT2D eigenvalue weighted by atomic mass is 10.0. The molecule has 1 unspecified atom stereocenters. The lowest BCUT2D eigenvalue weighted by molar-refractivity contribution is 0.0667. The number of nitrogens with one attached hydrogen (secondary N) is 1. The minimum atomic E-state index is -0.224. The molecule has 40 heavy (non-hydrogen) atoms. The molecule has 4 aromatic heterocycles. The number of carbonyl (C=O) groups excluding carboxylic acids is 1. The van der Waals surface area contributed by atoms with Crippen LogP contribution in [0.25, 0.3) is 38.6 Å². The van der Waals surface area contributed by atoms with Crippen molar-refractivity contribution in [2.45, 2.75) is 18.9 Å². The molecule has 5 aromatic rings. The van der Waals surface area contributed by atoms with Gasteiger partial charge in [0.25, 0.3) is 5.91 Å². The number of nitrogens with two attached hydrogens (primary N) is 1. The molecule has 5 heterocycles. The third-order valence-corrected chi connectivity index (χ3v) is 7.42. The minimum absolute atomic E-state index is 0.140. The number of nitrogens with zero attached hydrogens (tertiary/aromatic N) is 8. The number of aromatic amines is 1. The fourth-order valence-electron chi connectivity index (χ4n) is 5.42. The van der Waals surface area contributed by atoms with Crippen molar-refractivity contribution in [3.8, 4) is 11.1 Å². The number of allylic oxidation sites excluding steroid dienone is 1. The molecule has 3 N–H and O–H groups in total. The number of amides is 1. The summed E-state index contributed by atoms with van der Waals surface area (Å²) >= 11 is 0. The zero-order valence-corrected chi connectivity index (χ0v) is 22.2. The first-order chi connectivity index (χ1) is 19.5. The van der Waals surface area contributed by atoms with Crippen molar-refractivity contribution in [2.75, 3.05) is 20.1 Å². The molecule has 1 atom stereocenters. The van der Waals surface area contributed by atoms with Crippen LogP contribution in [0.3, 0.4) is 0 Å². The smallest absolute Gasteiger partial charge is 0.329 e. The van der Waals surface area contributed by atoms with E-state index >= 15 is 0 Å². The summed E-state index contributed by atoms with van der Waals surface area (Å²) in [6.07, 6.45) is 9.53. The minimum Gasteiger partial charge on any atom is -0.404 e. The Labute approximate surface area is 228 Å². The van der Waals surface area contributed by atoms with Crippen molar-refractivity contribution < 1.29 is 4.79 Å². The number of hydrogen-bond acceptors (Lipinski definition) is 8. The Morgan fingerprint density at radius 3 is 2.73 bits per heavy atom. The number of H-pyrrole nitrogens is 1. The number of piperidine rings is 1. The highest BCUT2D eigenvalue weighted by Gasteiger charge is 2.30. The molecule has 0 bridgehead atoms. The van der Waals surface area contributed by atoms with Gasteiger partial charge < -0.3 is 10.6 Å². The van der Waals surface area contributed by atoms with Gasteiger partial charge in [0.1, 0.15) is 6.33 Å². The van der Waals surface area contributed by atoms with Crippen molar-refractivity contribution in [1.29, 1.82) is 0 Å². The highest BCUT2D eigenvalue weighted by molar-refractivity contribution is 6.09. The summed E-state index contributed by atoms with van der Waals surface area (Å²) in [7, 11) is 3.44. The van der Waals surface area contributed by atoms with Gasteiger partial charge in [0.2, 0.25) is 5.82 Å². The predicted octanol–water partition coefficient (Wildman–Crippen LogP) is 2.55. The second-order valence-electron chi connectivity index (χ2n) is 9.76. The van der Waals surface area contributed by atoms with E-state index in [1.54, 1.807) is 42.2 Å². The topological polar surface area (TPSA) is 153 Å². The maximum atomic E-state index is 13.6. The maximum absolute atomic E-state index is 13.6. The average molecular weight is 537 g/mol. The van der Waals surface area contributed by atoms with Crippen LogP contribution in [0.2, 0.25) is 0 Å². The number of benzene rings is 1. The highest BCUT2D eigenvalue weighted by Crippen LogP contribution is 2.32. The maximum Gasteiger partial charge on any atom is 0.329 e. The van der Waals surface area contributed by atoms with Gasteiger partial charge in [-0.1, -0.05) is 12.1 Å². The van der Waals surface area contributed by atoms with Crippen molar-refractivity contribution in [3.63, 3.8) is 0 Å². The van der Waals surface area contributed by atoms with Gasteiger partial charge in [-0.05, 0) is 36.6 Å². The molecule has 1 aliphatic rings. The summed E-state index contributed by atoms with van der Waals surface area (Å²) in [6.45, 7) is 0.988. The summed E-state index contributed by atoms with van der Waals surface area (Å²) < 4.78 is 3.45. The van der Waals surface area contributed by atoms with E-state index in [1.165, 1.54) is 12.5 Å². The lowest BCUT2D eigenvalue weighted by Gasteiger charge is -2.32. The zero-order valence-electron chi connectivity index (χ0n) is 22.2. The molecular formula is C28H28N10O2. The molecule has 0 radical (unpaired) electrons. The molecule has 0 spiro atoms. The molecule has 12 heteroatoms. The van der Waals surface area contributed by atoms with E-state index in [0.29, 0.717) is 13.1 Å². The van der Waals surface area contributed by atoms with E-state index in [2.05, 4.69) is 30.1 Å². The first kappa shape index (κ1) is 25.2. The van der Waals surface area contributed by atoms with Gasteiger partial charge in [-0.25, -0.2) is 9.78 Å². The second kappa shape index (κ2) is 10.2. The largest absolute Gasteiger partial charge is 0.404 e. The van der Waals surface area contributed by atoms with Crippen LogP contribution in [0.15, 0.2) is 65.0 Å². The van der Waals surface area contributed by atoms with E-state index < -0.39 is 0 Å². The van der Waals surface area contributed by atoms with Crippen molar-refractivity contribution in [1.82, 2.24) is 39.2 Å². The summed E-state index contributed by atoms with van der Waals surface area (Å²) in [5.41, 5.74) is 11.2. The van der Waals surface area contributed by atoms with Crippen molar-refractivity contribution in [2.24, 2.45) is 17.8 Å². The first-order valence-electron chi connectivity index (χ1n) is 13.0. The van der Waals surface area contributed by atoms with E-state index in [9.17, 15) is 9.59 Å². The molecule has 1 saturated heterocycles. The Bertz CT molecular complexity index is 1830. The van der Waals surface area contributed by atoms with Gasteiger partial charge in [-0.3, -0.25) is 34.0 Å². The average Bonchev–Trinajstić information content (AvgIpc) is 3.62. The zero-order chi connectivity index (χ0) is 27.8. The summed E-state index contributed by atoms with van der Waals surface area (Å²) in [4.78, 5) is 45.6. The molecule has 202 valence electrons. The van der Waals surface area contributed by atoms with Crippen molar-refractivity contribution in [3.05, 3.63) is 77.3 Å². The summed E-state index contributed by atoms with van der Waals surface area (Å²) in [5.74, 6) is -0.0287. The van der Waals surface area contributed by atoms with Gasteiger partial charge in [0.05, 0.1) is 34.5 Å². The fourth-order valence-corrected chi connectivity index (χ4v) is 5.42. The van der Waals surface area contributed by atoms with Crippen LogP contribution >= 0.6 is 0 Å². The van der Waals surface area contributed by atoms with E-state index in [1.807, 2.05) is 34.9 Å². The van der Waals surface area contributed by atoms with Crippen LogP contribution in [0.4, 0.5) is 0 Å².